The lowest BCUT2D eigenvalue weighted by molar-refractivity contribution is 0.0982. The van der Waals surface area contributed by atoms with Crippen LogP contribution in [0.5, 0.6) is 0 Å². The standard InChI is InChI=1S/C16H24ClNO/c1-12-5-6-14(15(17)8-12)10-18-16(11-19)7-3-4-13(2)9-16/h5-6,8,13,18-19H,3-4,7,9-11H2,1-2H3. The molecule has 19 heavy (non-hydrogen) atoms. The summed E-state index contributed by atoms with van der Waals surface area (Å²) >= 11 is 6.26. The van der Waals surface area contributed by atoms with Gasteiger partial charge in [0.15, 0.2) is 0 Å². The van der Waals surface area contributed by atoms with E-state index in [1.165, 1.54) is 18.4 Å². The molecule has 1 aliphatic rings. The topological polar surface area (TPSA) is 32.3 Å². The highest BCUT2D eigenvalue weighted by Crippen LogP contribution is 2.32. The molecular weight excluding hydrogens is 258 g/mol. The van der Waals surface area contributed by atoms with Crippen LogP contribution in [-0.4, -0.2) is 17.3 Å². The Balaban J connectivity index is 2.03. The predicted octanol–water partition coefficient (Wildman–Crippen LogP) is 3.68. The van der Waals surface area contributed by atoms with Gasteiger partial charge in [-0.05, 0) is 42.9 Å². The fourth-order valence-electron chi connectivity index (χ4n) is 3.10. The fraction of sp³-hybridized carbons (Fsp3) is 0.625. The minimum Gasteiger partial charge on any atom is -0.394 e. The Morgan fingerprint density at radius 3 is 2.89 bits per heavy atom. The van der Waals surface area contributed by atoms with E-state index < -0.39 is 0 Å². The van der Waals surface area contributed by atoms with E-state index in [9.17, 15) is 5.11 Å². The van der Waals surface area contributed by atoms with Crippen molar-refractivity contribution in [3.63, 3.8) is 0 Å². The summed E-state index contributed by atoms with van der Waals surface area (Å²) in [7, 11) is 0. The molecule has 0 amide bonds. The third kappa shape index (κ3) is 3.71. The number of hydrogen-bond donors (Lipinski definition) is 2. The van der Waals surface area contributed by atoms with E-state index in [0.717, 1.165) is 30.0 Å². The predicted molar refractivity (Wildman–Crippen MR) is 80.5 cm³/mol. The van der Waals surface area contributed by atoms with E-state index in [1.807, 2.05) is 13.0 Å². The van der Waals surface area contributed by atoms with E-state index in [0.29, 0.717) is 5.92 Å². The zero-order valence-corrected chi connectivity index (χ0v) is 12.6. The average molecular weight is 282 g/mol. The van der Waals surface area contributed by atoms with Crippen molar-refractivity contribution in [1.82, 2.24) is 5.32 Å². The molecule has 1 aromatic carbocycles. The second-order valence-electron chi connectivity index (χ2n) is 6.09. The third-order valence-corrected chi connectivity index (χ3v) is 4.61. The lowest BCUT2D eigenvalue weighted by atomic mass is 9.77. The summed E-state index contributed by atoms with van der Waals surface area (Å²) in [5, 5.41) is 14.1. The van der Waals surface area contributed by atoms with Crippen LogP contribution >= 0.6 is 11.6 Å². The van der Waals surface area contributed by atoms with Gasteiger partial charge in [0.05, 0.1) is 6.61 Å². The largest absolute Gasteiger partial charge is 0.394 e. The second kappa shape index (κ2) is 6.25. The van der Waals surface area contributed by atoms with Gasteiger partial charge in [0.2, 0.25) is 0 Å². The first-order chi connectivity index (χ1) is 9.04. The van der Waals surface area contributed by atoms with Gasteiger partial charge in [0, 0.05) is 17.1 Å². The zero-order chi connectivity index (χ0) is 13.9. The van der Waals surface area contributed by atoms with E-state index in [2.05, 4.69) is 24.4 Å². The van der Waals surface area contributed by atoms with Crippen LogP contribution in [0.2, 0.25) is 5.02 Å². The van der Waals surface area contributed by atoms with Gasteiger partial charge in [0.1, 0.15) is 0 Å². The molecular formula is C16H24ClNO. The van der Waals surface area contributed by atoms with E-state index in [-0.39, 0.29) is 12.1 Å². The van der Waals surface area contributed by atoms with Gasteiger partial charge in [-0.3, -0.25) is 0 Å². The zero-order valence-electron chi connectivity index (χ0n) is 11.9. The number of nitrogens with one attached hydrogen (secondary N) is 1. The van der Waals surface area contributed by atoms with Crippen molar-refractivity contribution < 1.29 is 5.11 Å². The van der Waals surface area contributed by atoms with Crippen LogP contribution in [0.15, 0.2) is 18.2 Å². The molecule has 1 fully saturated rings. The second-order valence-corrected chi connectivity index (χ2v) is 6.50. The summed E-state index contributed by atoms with van der Waals surface area (Å²) in [6.45, 7) is 5.25. The molecule has 0 aliphatic heterocycles. The first-order valence-corrected chi connectivity index (χ1v) is 7.53. The van der Waals surface area contributed by atoms with Crippen LogP contribution in [0.1, 0.15) is 43.7 Å². The molecule has 2 N–H and O–H groups in total. The Labute approximate surface area is 121 Å². The van der Waals surface area contributed by atoms with Gasteiger partial charge in [-0.1, -0.05) is 43.5 Å². The molecule has 2 rings (SSSR count). The molecule has 2 unspecified atom stereocenters. The lowest BCUT2D eigenvalue weighted by Crippen LogP contribution is -2.51. The number of hydrogen-bond acceptors (Lipinski definition) is 2. The number of aryl methyl sites for hydroxylation is 1. The Hall–Kier alpha value is -0.570. The smallest absolute Gasteiger partial charge is 0.0613 e. The molecule has 1 aliphatic carbocycles. The molecule has 0 spiro atoms. The van der Waals surface area contributed by atoms with Gasteiger partial charge in [-0.2, -0.15) is 0 Å². The van der Waals surface area contributed by atoms with Crippen LogP contribution in [0.25, 0.3) is 0 Å². The maximum atomic E-state index is 9.76. The molecule has 2 nitrogen and oxygen atoms in total. The Morgan fingerprint density at radius 1 is 1.47 bits per heavy atom. The van der Waals surface area contributed by atoms with E-state index in [4.69, 9.17) is 11.6 Å². The summed E-state index contributed by atoms with van der Waals surface area (Å²) in [6.07, 6.45) is 4.56. The normalized spacial score (nSPS) is 27.5. The highest BCUT2D eigenvalue weighted by molar-refractivity contribution is 6.31. The maximum Gasteiger partial charge on any atom is 0.0613 e. The van der Waals surface area contributed by atoms with Crippen LogP contribution in [-0.2, 0) is 6.54 Å². The maximum absolute atomic E-state index is 9.76. The lowest BCUT2D eigenvalue weighted by Gasteiger charge is -2.39. The Kier molecular flexibility index (Phi) is 4.88. The number of benzene rings is 1. The first kappa shape index (κ1) is 14.8. The highest BCUT2D eigenvalue weighted by atomic mass is 35.5. The van der Waals surface area contributed by atoms with Gasteiger partial charge in [-0.25, -0.2) is 0 Å². The first-order valence-electron chi connectivity index (χ1n) is 7.15. The minimum absolute atomic E-state index is 0.119. The summed E-state index contributed by atoms with van der Waals surface area (Å²) in [4.78, 5) is 0. The molecule has 0 saturated heterocycles. The van der Waals surface area contributed by atoms with Gasteiger partial charge >= 0.3 is 0 Å². The number of aliphatic hydroxyl groups excluding tert-OH is 1. The Morgan fingerprint density at radius 2 is 2.26 bits per heavy atom. The van der Waals surface area contributed by atoms with Crippen molar-refractivity contribution in [3.05, 3.63) is 34.3 Å². The van der Waals surface area contributed by atoms with E-state index >= 15 is 0 Å². The molecule has 0 radical (unpaired) electrons. The summed E-state index contributed by atoms with van der Waals surface area (Å²) in [5.41, 5.74) is 2.17. The quantitative estimate of drug-likeness (QED) is 0.882. The third-order valence-electron chi connectivity index (χ3n) is 4.26. The van der Waals surface area contributed by atoms with Crippen molar-refractivity contribution >= 4 is 11.6 Å². The monoisotopic (exact) mass is 281 g/mol. The van der Waals surface area contributed by atoms with Gasteiger partial charge < -0.3 is 10.4 Å². The van der Waals surface area contributed by atoms with Crippen LogP contribution in [0.3, 0.4) is 0 Å². The molecule has 106 valence electrons. The summed E-state index contributed by atoms with van der Waals surface area (Å²) in [6, 6.07) is 6.15. The van der Waals surface area contributed by atoms with Crippen molar-refractivity contribution in [2.75, 3.05) is 6.61 Å². The van der Waals surface area contributed by atoms with Gasteiger partial charge in [-0.15, -0.1) is 0 Å². The minimum atomic E-state index is -0.119. The molecule has 1 saturated carbocycles. The van der Waals surface area contributed by atoms with Crippen molar-refractivity contribution in [1.29, 1.82) is 0 Å². The van der Waals surface area contributed by atoms with Gasteiger partial charge in [0.25, 0.3) is 0 Å². The molecule has 1 aromatic rings. The number of halogens is 1. The number of aliphatic hydroxyl groups is 1. The highest BCUT2D eigenvalue weighted by Gasteiger charge is 2.33. The van der Waals surface area contributed by atoms with Crippen LogP contribution in [0.4, 0.5) is 0 Å². The van der Waals surface area contributed by atoms with Crippen molar-refractivity contribution in [2.45, 2.75) is 51.6 Å². The average Bonchev–Trinajstić information content (AvgIpc) is 2.38. The molecule has 3 heteroatoms. The molecule has 0 aromatic heterocycles. The Bertz CT molecular complexity index is 435. The number of rotatable bonds is 4. The van der Waals surface area contributed by atoms with E-state index in [1.54, 1.807) is 0 Å². The molecule has 2 atom stereocenters. The SMILES string of the molecule is Cc1ccc(CNC2(CO)CCCC(C)C2)c(Cl)c1. The molecule has 0 heterocycles. The molecule has 0 bridgehead atoms. The van der Waals surface area contributed by atoms with Crippen LogP contribution in [0, 0.1) is 12.8 Å². The summed E-state index contributed by atoms with van der Waals surface area (Å²) in [5.74, 6) is 0.682. The fourth-order valence-corrected chi connectivity index (χ4v) is 3.40. The summed E-state index contributed by atoms with van der Waals surface area (Å²) < 4.78 is 0. The van der Waals surface area contributed by atoms with Crippen molar-refractivity contribution in [3.8, 4) is 0 Å². The van der Waals surface area contributed by atoms with Crippen molar-refractivity contribution in [2.24, 2.45) is 5.92 Å². The van der Waals surface area contributed by atoms with Crippen LogP contribution < -0.4 is 5.32 Å².